The number of carbonyl (C=O) groups is 1. The maximum absolute atomic E-state index is 12.5. The third-order valence-electron chi connectivity index (χ3n) is 14.4. The topological polar surface area (TPSA) is 69.6 Å². The minimum Gasteiger partial charge on any atom is -0.394 e. The van der Waals surface area contributed by atoms with E-state index < -0.39 is 12.1 Å². The first-order chi connectivity index (χ1) is 33.2. The van der Waals surface area contributed by atoms with Gasteiger partial charge < -0.3 is 15.5 Å². The summed E-state index contributed by atoms with van der Waals surface area (Å²) in [6.07, 6.45) is 80.5. The molecule has 4 heteroatoms. The highest BCUT2D eigenvalue weighted by atomic mass is 16.3. The van der Waals surface area contributed by atoms with E-state index in [0.717, 1.165) is 38.5 Å². The second-order valence-corrected chi connectivity index (χ2v) is 21.1. The highest BCUT2D eigenvalue weighted by molar-refractivity contribution is 5.76. The van der Waals surface area contributed by atoms with Gasteiger partial charge >= 0.3 is 0 Å². The van der Waals surface area contributed by atoms with Crippen LogP contribution < -0.4 is 5.32 Å². The van der Waals surface area contributed by atoms with Crippen molar-refractivity contribution in [2.45, 2.75) is 353 Å². The number of carbonyl (C=O) groups excluding carboxylic acids is 1. The number of rotatable bonds is 57. The van der Waals surface area contributed by atoms with Gasteiger partial charge in [-0.1, -0.05) is 326 Å². The van der Waals surface area contributed by atoms with Crippen molar-refractivity contribution in [2.75, 3.05) is 6.61 Å². The van der Waals surface area contributed by atoms with Crippen molar-refractivity contribution in [2.24, 2.45) is 0 Å². The average Bonchev–Trinajstić information content (AvgIpc) is 3.33. The molecule has 0 aliphatic heterocycles. The van der Waals surface area contributed by atoms with Crippen LogP contribution in [-0.2, 0) is 4.79 Å². The highest BCUT2D eigenvalue weighted by Crippen LogP contribution is 2.18. The average molecular weight is 941 g/mol. The van der Waals surface area contributed by atoms with E-state index in [0.29, 0.717) is 6.42 Å². The Balaban J connectivity index is 3.50. The lowest BCUT2D eigenvalue weighted by Crippen LogP contribution is -2.45. The predicted octanol–water partition coefficient (Wildman–Crippen LogP) is 20.4. The first-order valence-electron chi connectivity index (χ1n) is 30.7. The molecule has 0 saturated carbocycles. The maximum Gasteiger partial charge on any atom is 0.220 e. The van der Waals surface area contributed by atoms with Gasteiger partial charge in [-0.25, -0.2) is 0 Å². The van der Waals surface area contributed by atoms with Gasteiger partial charge in [-0.3, -0.25) is 4.79 Å². The Morgan fingerprint density at radius 3 is 0.866 bits per heavy atom. The van der Waals surface area contributed by atoms with Crippen LogP contribution in [0.4, 0.5) is 0 Å². The largest absolute Gasteiger partial charge is 0.394 e. The molecule has 0 bridgehead atoms. The summed E-state index contributed by atoms with van der Waals surface area (Å²) < 4.78 is 0. The lowest BCUT2D eigenvalue weighted by Gasteiger charge is -2.19. The fourth-order valence-electron chi connectivity index (χ4n) is 9.69. The van der Waals surface area contributed by atoms with Crippen LogP contribution in [0.15, 0.2) is 36.5 Å². The van der Waals surface area contributed by atoms with Crippen LogP contribution in [-0.4, -0.2) is 34.9 Å². The van der Waals surface area contributed by atoms with Crippen molar-refractivity contribution in [3.8, 4) is 0 Å². The van der Waals surface area contributed by atoms with E-state index in [4.69, 9.17) is 0 Å². The molecule has 0 aliphatic carbocycles. The van der Waals surface area contributed by atoms with Gasteiger partial charge in [0.1, 0.15) is 0 Å². The Kier molecular flexibility index (Phi) is 57.7. The number of hydrogen-bond donors (Lipinski definition) is 3. The molecule has 0 aromatic rings. The zero-order valence-corrected chi connectivity index (χ0v) is 45.7. The van der Waals surface area contributed by atoms with Crippen molar-refractivity contribution in [3.05, 3.63) is 36.5 Å². The Labute approximate surface area is 421 Å². The van der Waals surface area contributed by atoms with Crippen LogP contribution >= 0.6 is 0 Å². The fraction of sp³-hybridized carbons (Fsp3) is 0.889. The molecule has 0 heterocycles. The maximum atomic E-state index is 12.5. The highest BCUT2D eigenvalue weighted by Gasteiger charge is 2.18. The zero-order chi connectivity index (χ0) is 48.5. The number of unbranched alkanes of at least 4 members (excludes halogenated alkanes) is 46. The van der Waals surface area contributed by atoms with E-state index in [-0.39, 0.29) is 12.5 Å². The van der Waals surface area contributed by atoms with Crippen molar-refractivity contribution in [1.29, 1.82) is 0 Å². The lowest BCUT2D eigenvalue weighted by atomic mass is 10.0. The van der Waals surface area contributed by atoms with Gasteiger partial charge in [0.05, 0.1) is 18.8 Å². The van der Waals surface area contributed by atoms with Gasteiger partial charge in [0.2, 0.25) is 5.91 Å². The van der Waals surface area contributed by atoms with Crippen molar-refractivity contribution in [1.82, 2.24) is 5.32 Å². The van der Waals surface area contributed by atoms with Crippen molar-refractivity contribution < 1.29 is 15.0 Å². The summed E-state index contributed by atoms with van der Waals surface area (Å²) in [6.45, 7) is 4.34. The first kappa shape index (κ1) is 65.6. The fourth-order valence-corrected chi connectivity index (χ4v) is 9.69. The molecule has 0 saturated heterocycles. The second-order valence-electron chi connectivity index (χ2n) is 21.1. The van der Waals surface area contributed by atoms with Crippen LogP contribution in [0, 0.1) is 0 Å². The van der Waals surface area contributed by atoms with E-state index in [1.54, 1.807) is 6.08 Å². The molecule has 2 unspecified atom stereocenters. The number of hydrogen-bond acceptors (Lipinski definition) is 3. The summed E-state index contributed by atoms with van der Waals surface area (Å²) in [5.74, 6) is -0.0710. The number of allylic oxidation sites excluding steroid dienone is 5. The standard InChI is InChI=1S/C63H121NO3/c1-3-5-7-9-11-13-15-17-19-21-23-25-27-29-30-31-32-33-35-36-38-40-42-44-46-48-50-52-54-56-58-62(66)61(60-65)64-63(67)59-57-55-53-51-49-47-45-43-41-39-37-34-28-26-24-22-20-18-16-14-12-10-8-6-4-2/h40,42,48,50,56,58,61-62,65-66H,3-39,41,43-47,49,51-55,57,59-60H2,1-2H3,(H,64,67)/b42-40+,50-48+,58-56+. The lowest BCUT2D eigenvalue weighted by molar-refractivity contribution is -0.123. The molecule has 0 radical (unpaired) electrons. The monoisotopic (exact) mass is 940 g/mol. The van der Waals surface area contributed by atoms with E-state index >= 15 is 0 Å². The van der Waals surface area contributed by atoms with Crippen LogP contribution in [0.3, 0.4) is 0 Å². The van der Waals surface area contributed by atoms with Gasteiger partial charge in [-0.15, -0.1) is 0 Å². The van der Waals surface area contributed by atoms with Gasteiger partial charge in [0.25, 0.3) is 0 Å². The van der Waals surface area contributed by atoms with Crippen molar-refractivity contribution >= 4 is 5.91 Å². The van der Waals surface area contributed by atoms with E-state index in [1.165, 1.54) is 283 Å². The Hall–Kier alpha value is -1.39. The minimum absolute atomic E-state index is 0.0710. The van der Waals surface area contributed by atoms with Crippen LogP contribution in [0.1, 0.15) is 341 Å². The molecule has 2 atom stereocenters. The third kappa shape index (κ3) is 55.4. The number of nitrogens with one attached hydrogen (secondary N) is 1. The smallest absolute Gasteiger partial charge is 0.220 e. The zero-order valence-electron chi connectivity index (χ0n) is 45.7. The summed E-state index contributed by atoms with van der Waals surface area (Å²) in [5.41, 5.74) is 0. The quantitative estimate of drug-likeness (QED) is 0.0420. The molecule has 0 aliphatic rings. The molecule has 4 nitrogen and oxygen atoms in total. The molecule has 0 rings (SSSR count). The van der Waals surface area contributed by atoms with Gasteiger partial charge in [-0.05, 0) is 44.9 Å². The molecule has 0 spiro atoms. The summed E-state index contributed by atoms with van der Waals surface area (Å²) in [4.78, 5) is 12.5. The van der Waals surface area contributed by atoms with Gasteiger partial charge in [0.15, 0.2) is 0 Å². The Bertz CT molecular complexity index is 1020. The Morgan fingerprint density at radius 2 is 0.582 bits per heavy atom. The summed E-state index contributed by atoms with van der Waals surface area (Å²) >= 11 is 0. The van der Waals surface area contributed by atoms with E-state index in [1.807, 2.05) is 6.08 Å². The predicted molar refractivity (Wildman–Crippen MR) is 299 cm³/mol. The van der Waals surface area contributed by atoms with Gasteiger partial charge in [0, 0.05) is 6.42 Å². The number of aliphatic hydroxyl groups excluding tert-OH is 2. The van der Waals surface area contributed by atoms with Crippen molar-refractivity contribution in [3.63, 3.8) is 0 Å². The molecule has 0 fully saturated rings. The molecule has 0 aromatic heterocycles. The normalized spacial score (nSPS) is 13.0. The van der Waals surface area contributed by atoms with Crippen LogP contribution in [0.5, 0.6) is 0 Å². The SMILES string of the molecule is CCCCCCCCCCCCCCCCCCCCCC/C=C/CC/C=C/CC/C=C/C(O)C(CO)NC(=O)CCCCCCCCCCCCCCCCCCCCCCCCCCC. The number of aliphatic hydroxyl groups is 2. The van der Waals surface area contributed by atoms with Crippen LogP contribution in [0.25, 0.3) is 0 Å². The molecular formula is C63H121NO3. The summed E-state index contributed by atoms with van der Waals surface area (Å²) in [7, 11) is 0. The first-order valence-corrected chi connectivity index (χ1v) is 30.7. The van der Waals surface area contributed by atoms with E-state index in [9.17, 15) is 15.0 Å². The molecule has 0 aromatic carbocycles. The molecular weight excluding hydrogens is 819 g/mol. The molecule has 1 amide bonds. The second kappa shape index (κ2) is 58.9. The summed E-state index contributed by atoms with van der Waals surface area (Å²) in [6, 6.07) is -0.644. The van der Waals surface area contributed by atoms with Gasteiger partial charge in [-0.2, -0.15) is 0 Å². The van der Waals surface area contributed by atoms with Crippen LogP contribution in [0.2, 0.25) is 0 Å². The number of amides is 1. The minimum atomic E-state index is -0.870. The third-order valence-corrected chi connectivity index (χ3v) is 14.4. The molecule has 3 N–H and O–H groups in total. The Morgan fingerprint density at radius 1 is 0.343 bits per heavy atom. The molecule has 396 valence electrons. The summed E-state index contributed by atoms with van der Waals surface area (Å²) in [5, 5.41) is 23.2. The molecule has 67 heavy (non-hydrogen) atoms. The van der Waals surface area contributed by atoms with E-state index in [2.05, 4.69) is 43.5 Å².